The molecule has 1 amide bonds. The molecule has 3 aromatic rings. The van der Waals surface area contributed by atoms with Gasteiger partial charge in [-0.15, -0.1) is 0 Å². The fraction of sp³-hybridized carbons (Fsp3) is 0.292. The van der Waals surface area contributed by atoms with E-state index in [0.29, 0.717) is 48.6 Å². The zero-order valence-electron chi connectivity index (χ0n) is 18.3. The minimum absolute atomic E-state index is 0.000406. The highest BCUT2D eigenvalue weighted by atomic mass is 19.1. The molecule has 1 aliphatic heterocycles. The summed E-state index contributed by atoms with van der Waals surface area (Å²) in [4.78, 5) is 21.8. The summed E-state index contributed by atoms with van der Waals surface area (Å²) in [5.74, 6) is 0.0638. The first-order valence-electron chi connectivity index (χ1n) is 10.8. The average Bonchev–Trinajstić information content (AvgIpc) is 3.18. The Morgan fingerprint density at radius 1 is 1.21 bits per heavy atom. The van der Waals surface area contributed by atoms with Crippen molar-refractivity contribution in [2.75, 3.05) is 30.7 Å². The normalized spacial score (nSPS) is 13.4. The van der Waals surface area contributed by atoms with Crippen LogP contribution in [-0.4, -0.2) is 45.6 Å². The number of halogens is 1. The first kappa shape index (κ1) is 22.3. The number of aromatic hydroxyl groups is 1. The van der Waals surface area contributed by atoms with Gasteiger partial charge in [-0.3, -0.25) is 4.79 Å². The summed E-state index contributed by atoms with van der Waals surface area (Å²) >= 11 is 0. The molecule has 2 aromatic carbocycles. The van der Waals surface area contributed by atoms with Crippen molar-refractivity contribution >= 4 is 23.2 Å². The monoisotopic (exact) mass is 451 g/mol. The molecule has 1 aliphatic rings. The number of ether oxygens (including phenoxy) is 1. The highest BCUT2D eigenvalue weighted by molar-refractivity contribution is 5.78. The van der Waals surface area contributed by atoms with Crippen LogP contribution in [0.15, 0.2) is 42.5 Å². The van der Waals surface area contributed by atoms with E-state index in [1.807, 2.05) is 11.8 Å². The summed E-state index contributed by atoms with van der Waals surface area (Å²) in [6, 6.07) is 11.3. The van der Waals surface area contributed by atoms with Gasteiger partial charge < -0.3 is 25.8 Å². The molecule has 172 valence electrons. The molecule has 33 heavy (non-hydrogen) atoms. The van der Waals surface area contributed by atoms with Crippen LogP contribution in [0.2, 0.25) is 0 Å². The first-order chi connectivity index (χ1) is 15.9. The zero-order chi connectivity index (χ0) is 23.4. The van der Waals surface area contributed by atoms with Crippen molar-refractivity contribution in [3.8, 4) is 22.9 Å². The third-order valence-electron chi connectivity index (χ3n) is 5.39. The second kappa shape index (κ2) is 9.72. The first-order valence-corrected chi connectivity index (χ1v) is 10.8. The molecule has 4 N–H and O–H groups in total. The molecule has 1 aromatic heterocycles. The Labute approximate surface area is 191 Å². The Morgan fingerprint density at radius 2 is 2.06 bits per heavy atom. The molecule has 8 nitrogen and oxygen atoms in total. The largest absolute Gasteiger partial charge is 0.507 e. The molecule has 0 aliphatic carbocycles. The number of aromatic nitrogens is 2. The van der Waals surface area contributed by atoms with Gasteiger partial charge in [0.2, 0.25) is 17.7 Å². The van der Waals surface area contributed by atoms with Crippen molar-refractivity contribution in [3.05, 3.63) is 53.8 Å². The number of hydrogen-bond acceptors (Lipinski definition) is 7. The minimum atomic E-state index is -0.373. The molecule has 0 radical (unpaired) electrons. The quantitative estimate of drug-likeness (QED) is 0.350. The number of nitrogens with two attached hydrogens (primary N) is 1. The van der Waals surface area contributed by atoms with E-state index in [0.717, 1.165) is 18.5 Å². The summed E-state index contributed by atoms with van der Waals surface area (Å²) in [7, 11) is 0. The molecular formula is C24H26FN5O3. The van der Waals surface area contributed by atoms with Gasteiger partial charge in [0, 0.05) is 36.8 Å². The molecule has 0 saturated carbocycles. The van der Waals surface area contributed by atoms with Crippen LogP contribution < -0.4 is 15.8 Å². The van der Waals surface area contributed by atoms with Gasteiger partial charge in [-0.2, -0.15) is 4.98 Å². The maximum Gasteiger partial charge on any atom is 0.223 e. The fourth-order valence-corrected chi connectivity index (χ4v) is 3.72. The van der Waals surface area contributed by atoms with Gasteiger partial charge in [-0.05, 0) is 55.7 Å². The van der Waals surface area contributed by atoms with Crippen LogP contribution in [0.4, 0.5) is 21.7 Å². The average molecular weight is 452 g/mol. The number of aryl methyl sites for hydroxylation is 1. The standard InChI is InChI=1S/C24H26FN5O3/c1-15-5-7-19(18(25)12-15)27-16-6-8-21(31)17(13-16)20-14-22(29-24(26)28-20)33-11-3-10-30-9-2-4-23(30)32/h5-8,12-14,27,31H,2-4,9-11H2,1H3,(H2,26,28,29). The molecule has 2 heterocycles. The lowest BCUT2D eigenvalue weighted by Crippen LogP contribution is -2.26. The van der Waals surface area contributed by atoms with E-state index in [4.69, 9.17) is 10.5 Å². The predicted molar refractivity (Wildman–Crippen MR) is 124 cm³/mol. The van der Waals surface area contributed by atoms with Crippen molar-refractivity contribution in [2.24, 2.45) is 0 Å². The Bertz CT molecular complexity index is 1170. The number of rotatable bonds is 8. The zero-order valence-corrected chi connectivity index (χ0v) is 18.3. The number of benzene rings is 2. The van der Waals surface area contributed by atoms with Gasteiger partial charge in [0.15, 0.2) is 0 Å². The van der Waals surface area contributed by atoms with Crippen LogP contribution in [0.1, 0.15) is 24.8 Å². The molecule has 0 spiro atoms. The van der Waals surface area contributed by atoms with E-state index in [1.54, 1.807) is 30.3 Å². The van der Waals surface area contributed by atoms with Crippen LogP contribution >= 0.6 is 0 Å². The summed E-state index contributed by atoms with van der Waals surface area (Å²) < 4.78 is 19.9. The summed E-state index contributed by atoms with van der Waals surface area (Å²) in [5, 5.41) is 13.4. The number of nitrogens with one attached hydrogen (secondary N) is 1. The maximum absolute atomic E-state index is 14.2. The van der Waals surface area contributed by atoms with Crippen LogP contribution in [0.5, 0.6) is 11.6 Å². The molecule has 9 heteroatoms. The lowest BCUT2D eigenvalue weighted by Gasteiger charge is -2.15. The third kappa shape index (κ3) is 5.49. The highest BCUT2D eigenvalue weighted by Crippen LogP contribution is 2.33. The molecule has 4 rings (SSSR count). The van der Waals surface area contributed by atoms with Gasteiger partial charge in [0.05, 0.1) is 18.0 Å². The van der Waals surface area contributed by atoms with Crippen molar-refractivity contribution in [3.63, 3.8) is 0 Å². The molecule has 0 bridgehead atoms. The Balaban J connectivity index is 1.48. The number of amides is 1. The van der Waals surface area contributed by atoms with Crippen LogP contribution in [0, 0.1) is 12.7 Å². The van der Waals surface area contributed by atoms with Gasteiger partial charge in [0.1, 0.15) is 11.6 Å². The summed E-state index contributed by atoms with van der Waals surface area (Å²) in [6.45, 7) is 3.60. The van der Waals surface area contributed by atoms with E-state index in [-0.39, 0.29) is 29.3 Å². The number of likely N-dealkylation sites (tertiary alicyclic amines) is 1. The van der Waals surface area contributed by atoms with Crippen LogP contribution in [0.3, 0.4) is 0 Å². The topological polar surface area (TPSA) is 114 Å². The Hall–Kier alpha value is -3.88. The van der Waals surface area contributed by atoms with E-state index >= 15 is 0 Å². The highest BCUT2D eigenvalue weighted by Gasteiger charge is 2.19. The van der Waals surface area contributed by atoms with E-state index < -0.39 is 0 Å². The predicted octanol–water partition coefficient (Wildman–Crippen LogP) is 4.01. The van der Waals surface area contributed by atoms with E-state index in [2.05, 4.69) is 15.3 Å². The lowest BCUT2D eigenvalue weighted by atomic mass is 10.1. The molecule has 0 unspecified atom stereocenters. The fourth-order valence-electron chi connectivity index (χ4n) is 3.72. The van der Waals surface area contributed by atoms with Crippen molar-refractivity contribution in [2.45, 2.75) is 26.2 Å². The number of hydrogen-bond donors (Lipinski definition) is 3. The van der Waals surface area contributed by atoms with Crippen LogP contribution in [-0.2, 0) is 4.79 Å². The summed E-state index contributed by atoms with van der Waals surface area (Å²) in [5.41, 5.74) is 8.34. The number of phenolic OH excluding ortho intramolecular Hbond substituents is 1. The Kier molecular flexibility index (Phi) is 6.58. The van der Waals surface area contributed by atoms with Crippen molar-refractivity contribution in [1.29, 1.82) is 0 Å². The van der Waals surface area contributed by atoms with E-state index in [9.17, 15) is 14.3 Å². The molecule has 1 fully saturated rings. The number of nitrogen functional groups attached to an aromatic ring is 1. The smallest absolute Gasteiger partial charge is 0.223 e. The minimum Gasteiger partial charge on any atom is -0.507 e. The van der Waals surface area contributed by atoms with Crippen molar-refractivity contribution in [1.82, 2.24) is 14.9 Å². The number of nitrogens with zero attached hydrogens (tertiary/aromatic N) is 3. The summed E-state index contributed by atoms with van der Waals surface area (Å²) in [6.07, 6.45) is 2.18. The third-order valence-corrected chi connectivity index (χ3v) is 5.39. The van der Waals surface area contributed by atoms with Gasteiger partial charge in [-0.1, -0.05) is 6.07 Å². The van der Waals surface area contributed by atoms with Crippen LogP contribution in [0.25, 0.3) is 11.3 Å². The van der Waals surface area contributed by atoms with E-state index in [1.165, 1.54) is 12.1 Å². The second-order valence-corrected chi connectivity index (χ2v) is 7.98. The SMILES string of the molecule is Cc1ccc(Nc2ccc(O)c(-c3cc(OCCCN4CCCC4=O)nc(N)n3)c2)c(F)c1. The number of phenols is 1. The molecule has 1 saturated heterocycles. The van der Waals surface area contributed by atoms with Gasteiger partial charge in [-0.25, -0.2) is 9.37 Å². The second-order valence-electron chi connectivity index (χ2n) is 7.98. The maximum atomic E-state index is 14.2. The van der Waals surface area contributed by atoms with Gasteiger partial charge >= 0.3 is 0 Å². The number of carbonyl (C=O) groups excluding carboxylic acids is 1. The number of anilines is 3. The Morgan fingerprint density at radius 3 is 2.82 bits per heavy atom. The molecular weight excluding hydrogens is 425 g/mol. The van der Waals surface area contributed by atoms with Gasteiger partial charge in [0.25, 0.3) is 0 Å². The lowest BCUT2D eigenvalue weighted by molar-refractivity contribution is -0.127. The number of carbonyl (C=O) groups is 1. The van der Waals surface area contributed by atoms with Crippen molar-refractivity contribution < 1.29 is 19.0 Å². The molecule has 0 atom stereocenters.